The van der Waals surface area contributed by atoms with Crippen LogP contribution in [0.15, 0.2) is 47.4 Å². The highest BCUT2D eigenvalue weighted by atomic mass is 32.2. The number of nitro benzene ring substituents is 1. The van der Waals surface area contributed by atoms with E-state index in [-0.39, 0.29) is 22.0 Å². The number of nitro groups is 1. The fourth-order valence-corrected chi connectivity index (χ4v) is 3.37. The van der Waals surface area contributed by atoms with Gasteiger partial charge in [-0.05, 0) is 36.1 Å². The van der Waals surface area contributed by atoms with Crippen molar-refractivity contribution in [2.24, 2.45) is 0 Å². The monoisotopic (exact) mass is 364 g/mol. The Bertz CT molecular complexity index is 863. The zero-order chi connectivity index (χ0) is 18.6. The molecule has 8 heteroatoms. The average molecular weight is 364 g/mol. The highest BCUT2D eigenvalue weighted by Gasteiger charge is 2.19. The van der Waals surface area contributed by atoms with E-state index in [2.05, 4.69) is 18.6 Å². The summed E-state index contributed by atoms with van der Waals surface area (Å²) in [7, 11) is -2.53. The van der Waals surface area contributed by atoms with Gasteiger partial charge in [0, 0.05) is 12.1 Å². The number of methoxy groups -OCH3 is 1. The molecule has 0 heterocycles. The SMILES string of the molecule is CC[C@H](C)c1ccc(S(=O)(=O)Nc2cc([N+](=O)[O-])ccc2OC)cc1. The molecule has 0 radical (unpaired) electrons. The van der Waals surface area contributed by atoms with E-state index in [0.29, 0.717) is 5.92 Å². The topological polar surface area (TPSA) is 98.5 Å². The van der Waals surface area contributed by atoms with E-state index >= 15 is 0 Å². The van der Waals surface area contributed by atoms with Crippen molar-refractivity contribution in [1.29, 1.82) is 0 Å². The third-order valence-electron chi connectivity index (χ3n) is 4.01. The number of rotatable bonds is 7. The Morgan fingerprint density at radius 1 is 1.20 bits per heavy atom. The predicted molar refractivity (Wildman–Crippen MR) is 95.6 cm³/mol. The lowest BCUT2D eigenvalue weighted by molar-refractivity contribution is -0.384. The molecule has 7 nitrogen and oxygen atoms in total. The Morgan fingerprint density at radius 3 is 2.36 bits per heavy atom. The normalized spacial score (nSPS) is 12.4. The van der Waals surface area contributed by atoms with Crippen LogP contribution >= 0.6 is 0 Å². The summed E-state index contributed by atoms with van der Waals surface area (Å²) in [6, 6.07) is 10.3. The Balaban J connectivity index is 2.35. The molecule has 0 spiro atoms. The molecule has 2 rings (SSSR count). The Morgan fingerprint density at radius 2 is 1.84 bits per heavy atom. The summed E-state index contributed by atoms with van der Waals surface area (Å²) in [5.41, 5.74) is 0.836. The van der Waals surface area contributed by atoms with Gasteiger partial charge in [0.2, 0.25) is 0 Å². The molecule has 1 atom stereocenters. The van der Waals surface area contributed by atoms with Crippen LogP contribution in [0.3, 0.4) is 0 Å². The lowest BCUT2D eigenvalue weighted by Gasteiger charge is -2.13. The molecule has 0 amide bonds. The minimum atomic E-state index is -3.89. The van der Waals surface area contributed by atoms with Gasteiger partial charge in [-0.15, -0.1) is 0 Å². The number of non-ortho nitro benzene ring substituents is 1. The van der Waals surface area contributed by atoms with Crippen LogP contribution in [0.4, 0.5) is 11.4 Å². The first-order valence-corrected chi connectivity index (χ1v) is 9.22. The third-order valence-corrected chi connectivity index (χ3v) is 5.39. The van der Waals surface area contributed by atoms with E-state index < -0.39 is 14.9 Å². The molecular weight excluding hydrogens is 344 g/mol. The van der Waals surface area contributed by atoms with Crippen molar-refractivity contribution in [2.45, 2.75) is 31.1 Å². The largest absolute Gasteiger partial charge is 0.495 e. The molecule has 0 fully saturated rings. The van der Waals surface area contributed by atoms with Gasteiger partial charge in [-0.1, -0.05) is 26.0 Å². The molecule has 2 aromatic carbocycles. The number of benzene rings is 2. The van der Waals surface area contributed by atoms with Gasteiger partial charge < -0.3 is 4.74 Å². The number of nitrogens with zero attached hydrogens (tertiary/aromatic N) is 1. The molecule has 0 aliphatic rings. The summed E-state index contributed by atoms with van der Waals surface area (Å²) < 4.78 is 32.6. The minimum Gasteiger partial charge on any atom is -0.495 e. The van der Waals surface area contributed by atoms with Crippen molar-refractivity contribution in [3.63, 3.8) is 0 Å². The fraction of sp³-hybridized carbons (Fsp3) is 0.294. The Labute approximate surface area is 146 Å². The van der Waals surface area contributed by atoms with Gasteiger partial charge in [0.1, 0.15) is 5.75 Å². The zero-order valence-corrected chi connectivity index (χ0v) is 15.0. The highest BCUT2D eigenvalue weighted by molar-refractivity contribution is 7.92. The van der Waals surface area contributed by atoms with Gasteiger partial charge in [-0.25, -0.2) is 8.42 Å². The van der Waals surface area contributed by atoms with E-state index in [1.807, 2.05) is 0 Å². The summed E-state index contributed by atoms with van der Waals surface area (Å²) in [6.07, 6.45) is 0.954. The van der Waals surface area contributed by atoms with Crippen LogP contribution in [0.1, 0.15) is 31.7 Å². The van der Waals surface area contributed by atoms with Crippen LogP contribution in [0.25, 0.3) is 0 Å². The number of sulfonamides is 1. The predicted octanol–water partition coefficient (Wildman–Crippen LogP) is 3.92. The van der Waals surface area contributed by atoms with E-state index in [1.54, 1.807) is 12.1 Å². The van der Waals surface area contributed by atoms with E-state index in [9.17, 15) is 18.5 Å². The first-order chi connectivity index (χ1) is 11.8. The first-order valence-electron chi connectivity index (χ1n) is 7.73. The molecule has 0 bridgehead atoms. The van der Waals surface area contributed by atoms with Gasteiger partial charge in [-0.2, -0.15) is 0 Å². The van der Waals surface area contributed by atoms with Gasteiger partial charge in [0.25, 0.3) is 15.7 Å². The number of ether oxygens (including phenoxy) is 1. The maximum absolute atomic E-state index is 12.6. The van der Waals surface area contributed by atoms with Gasteiger partial charge in [0.05, 0.1) is 22.6 Å². The quantitative estimate of drug-likeness (QED) is 0.593. The zero-order valence-electron chi connectivity index (χ0n) is 14.2. The molecule has 0 aliphatic heterocycles. The molecule has 1 N–H and O–H groups in total. The molecular formula is C17H20N2O5S. The lowest BCUT2D eigenvalue weighted by Crippen LogP contribution is -2.14. The third kappa shape index (κ3) is 4.27. The maximum atomic E-state index is 12.6. The second kappa shape index (κ2) is 7.52. The van der Waals surface area contributed by atoms with Crippen LogP contribution in [-0.2, 0) is 10.0 Å². The molecule has 0 saturated carbocycles. The highest BCUT2D eigenvalue weighted by Crippen LogP contribution is 2.31. The van der Waals surface area contributed by atoms with E-state index in [1.165, 1.54) is 31.4 Å². The lowest BCUT2D eigenvalue weighted by atomic mass is 9.99. The molecule has 0 aliphatic carbocycles. The van der Waals surface area contributed by atoms with Crippen molar-refractivity contribution < 1.29 is 18.1 Å². The maximum Gasteiger partial charge on any atom is 0.271 e. The van der Waals surface area contributed by atoms with Gasteiger partial charge in [-0.3, -0.25) is 14.8 Å². The average Bonchev–Trinajstić information content (AvgIpc) is 2.60. The summed E-state index contributed by atoms with van der Waals surface area (Å²) in [4.78, 5) is 10.4. The number of hydrogen-bond acceptors (Lipinski definition) is 5. The van der Waals surface area contributed by atoms with Crippen molar-refractivity contribution in [2.75, 3.05) is 11.8 Å². The first kappa shape index (κ1) is 18.7. The molecule has 0 unspecified atom stereocenters. The van der Waals surface area contributed by atoms with Gasteiger partial charge >= 0.3 is 0 Å². The van der Waals surface area contributed by atoms with E-state index in [0.717, 1.165) is 18.1 Å². The number of nitrogens with one attached hydrogen (secondary N) is 1. The second-order valence-electron chi connectivity index (χ2n) is 5.63. The standard InChI is InChI=1S/C17H20N2O5S/c1-4-12(2)13-5-8-15(9-6-13)25(22,23)18-16-11-14(19(20)21)7-10-17(16)24-3/h5-12,18H,4H2,1-3H3/t12-/m0/s1. The molecule has 2 aromatic rings. The summed E-state index contributed by atoms with van der Waals surface area (Å²) in [5.74, 6) is 0.534. The Kier molecular flexibility index (Phi) is 5.63. The molecule has 134 valence electrons. The van der Waals surface area contributed by atoms with Crippen LogP contribution in [-0.4, -0.2) is 20.5 Å². The molecule has 25 heavy (non-hydrogen) atoms. The Hall–Kier alpha value is -2.61. The molecule has 0 aromatic heterocycles. The van der Waals surface area contributed by atoms with Crippen LogP contribution in [0, 0.1) is 10.1 Å². The van der Waals surface area contributed by atoms with Crippen LogP contribution in [0.5, 0.6) is 5.75 Å². The van der Waals surface area contributed by atoms with Crippen molar-refractivity contribution in [1.82, 2.24) is 0 Å². The molecule has 0 saturated heterocycles. The summed E-state index contributed by atoms with van der Waals surface area (Å²) in [5, 5.41) is 10.9. The summed E-state index contributed by atoms with van der Waals surface area (Å²) in [6.45, 7) is 4.13. The van der Waals surface area contributed by atoms with Crippen LogP contribution < -0.4 is 9.46 Å². The second-order valence-corrected chi connectivity index (χ2v) is 7.31. The number of hydrogen-bond donors (Lipinski definition) is 1. The number of anilines is 1. The van der Waals surface area contributed by atoms with Crippen molar-refractivity contribution >= 4 is 21.4 Å². The van der Waals surface area contributed by atoms with Crippen molar-refractivity contribution in [3.8, 4) is 5.75 Å². The minimum absolute atomic E-state index is 0.0164. The van der Waals surface area contributed by atoms with E-state index in [4.69, 9.17) is 4.74 Å². The van der Waals surface area contributed by atoms with Crippen molar-refractivity contribution in [3.05, 3.63) is 58.1 Å². The summed E-state index contributed by atoms with van der Waals surface area (Å²) >= 11 is 0. The fourth-order valence-electron chi connectivity index (χ4n) is 2.30. The smallest absolute Gasteiger partial charge is 0.271 e. The van der Waals surface area contributed by atoms with Crippen LogP contribution in [0.2, 0.25) is 0 Å². The van der Waals surface area contributed by atoms with Gasteiger partial charge in [0.15, 0.2) is 0 Å².